The van der Waals surface area contributed by atoms with Gasteiger partial charge in [0.2, 0.25) is 10.0 Å². The number of hydrogen-bond donors (Lipinski definition) is 2. The Morgan fingerprint density at radius 3 is 2.56 bits per heavy atom. The van der Waals surface area contributed by atoms with Crippen LogP contribution in [0, 0.1) is 0 Å². The van der Waals surface area contributed by atoms with Crippen LogP contribution in [0.3, 0.4) is 0 Å². The van der Waals surface area contributed by atoms with Crippen LogP contribution < -0.4 is 10.6 Å². The summed E-state index contributed by atoms with van der Waals surface area (Å²) in [5.41, 5.74) is 1.95. The number of nitrogens with zero attached hydrogens (tertiary/aromatic N) is 3. The molecule has 1 aromatic heterocycles. The molecular formula is C18H30ClN5O2S. The molecule has 1 aromatic rings. The van der Waals surface area contributed by atoms with Gasteiger partial charge in [0.1, 0.15) is 11.6 Å². The van der Waals surface area contributed by atoms with Crippen molar-refractivity contribution in [2.45, 2.75) is 69.2 Å². The van der Waals surface area contributed by atoms with Gasteiger partial charge in [-0.2, -0.15) is 4.31 Å². The zero-order valence-corrected chi connectivity index (χ0v) is 17.5. The van der Waals surface area contributed by atoms with Gasteiger partial charge in [0, 0.05) is 19.2 Å². The molecule has 1 saturated heterocycles. The van der Waals surface area contributed by atoms with Gasteiger partial charge in [0.15, 0.2) is 0 Å². The van der Waals surface area contributed by atoms with E-state index in [1.807, 2.05) is 7.05 Å². The van der Waals surface area contributed by atoms with Crippen molar-refractivity contribution in [1.82, 2.24) is 19.6 Å². The number of halogens is 1. The summed E-state index contributed by atoms with van der Waals surface area (Å²) >= 11 is 0. The maximum absolute atomic E-state index is 13.1. The van der Waals surface area contributed by atoms with Gasteiger partial charge in [-0.1, -0.05) is 19.3 Å². The third-order valence-electron chi connectivity index (χ3n) is 5.99. The fraction of sp³-hybridized carbons (Fsp3) is 0.778. The predicted molar refractivity (Wildman–Crippen MR) is 109 cm³/mol. The minimum Gasteiger partial charge on any atom is -0.373 e. The van der Waals surface area contributed by atoms with E-state index in [0.717, 1.165) is 74.4 Å². The Balaban J connectivity index is 0.00000210. The van der Waals surface area contributed by atoms with Gasteiger partial charge in [-0.05, 0) is 38.6 Å². The van der Waals surface area contributed by atoms with Crippen LogP contribution in [-0.4, -0.2) is 48.1 Å². The van der Waals surface area contributed by atoms with E-state index < -0.39 is 10.0 Å². The molecule has 4 rings (SSSR count). The molecule has 9 heteroatoms. The number of fused-ring (bicyclic) bond motifs is 1. The Kier molecular flexibility index (Phi) is 6.61. The summed E-state index contributed by atoms with van der Waals surface area (Å²) in [5, 5.41) is 6.42. The van der Waals surface area contributed by atoms with Crippen molar-refractivity contribution in [3.05, 3.63) is 17.1 Å². The van der Waals surface area contributed by atoms with E-state index in [0.29, 0.717) is 19.5 Å². The fourth-order valence-electron chi connectivity index (χ4n) is 4.48. The molecule has 0 bridgehead atoms. The van der Waals surface area contributed by atoms with Crippen LogP contribution in [-0.2, 0) is 23.0 Å². The van der Waals surface area contributed by atoms with E-state index >= 15 is 0 Å². The van der Waals surface area contributed by atoms with E-state index in [1.165, 1.54) is 0 Å². The molecule has 3 heterocycles. The molecule has 2 fully saturated rings. The minimum atomic E-state index is -3.24. The molecule has 2 aliphatic heterocycles. The Bertz CT molecular complexity index is 761. The first-order valence-corrected chi connectivity index (χ1v) is 11.4. The first-order valence-electron chi connectivity index (χ1n) is 9.89. The SMILES string of the molecule is CNc1nc(C2CCCN2)nc2c1CCN(S(=O)(=O)C1CCCCC1)C2.Cl. The highest BCUT2D eigenvalue weighted by Crippen LogP contribution is 2.32. The molecule has 7 nitrogen and oxygen atoms in total. The van der Waals surface area contributed by atoms with Crippen molar-refractivity contribution in [3.63, 3.8) is 0 Å². The second-order valence-electron chi connectivity index (χ2n) is 7.64. The molecule has 152 valence electrons. The third-order valence-corrected chi connectivity index (χ3v) is 8.33. The normalized spacial score (nSPS) is 24.3. The van der Waals surface area contributed by atoms with Crippen LogP contribution >= 0.6 is 12.4 Å². The van der Waals surface area contributed by atoms with Gasteiger partial charge in [0.05, 0.1) is 23.5 Å². The number of sulfonamides is 1. The highest BCUT2D eigenvalue weighted by atomic mass is 35.5. The number of nitrogens with one attached hydrogen (secondary N) is 2. The van der Waals surface area contributed by atoms with Crippen molar-refractivity contribution < 1.29 is 8.42 Å². The van der Waals surface area contributed by atoms with E-state index in [9.17, 15) is 8.42 Å². The number of anilines is 1. The van der Waals surface area contributed by atoms with E-state index in [4.69, 9.17) is 9.97 Å². The van der Waals surface area contributed by atoms with E-state index in [-0.39, 0.29) is 23.7 Å². The highest BCUT2D eigenvalue weighted by molar-refractivity contribution is 7.89. The van der Waals surface area contributed by atoms with Crippen LogP contribution in [0.1, 0.15) is 68.1 Å². The maximum atomic E-state index is 13.1. The van der Waals surface area contributed by atoms with Crippen molar-refractivity contribution >= 4 is 28.2 Å². The molecule has 0 amide bonds. The molecule has 1 atom stereocenters. The van der Waals surface area contributed by atoms with Crippen molar-refractivity contribution in [3.8, 4) is 0 Å². The van der Waals surface area contributed by atoms with E-state index in [1.54, 1.807) is 4.31 Å². The number of hydrogen-bond acceptors (Lipinski definition) is 6. The first kappa shape index (κ1) is 20.8. The Hall–Kier alpha value is -0.960. The second-order valence-corrected chi connectivity index (χ2v) is 9.86. The Labute approximate surface area is 168 Å². The molecule has 0 aromatic carbocycles. The van der Waals surface area contributed by atoms with Crippen LogP contribution in [0.4, 0.5) is 5.82 Å². The molecule has 27 heavy (non-hydrogen) atoms. The van der Waals surface area contributed by atoms with Crippen molar-refractivity contribution in [2.75, 3.05) is 25.5 Å². The van der Waals surface area contributed by atoms with Gasteiger partial charge >= 0.3 is 0 Å². The average molecular weight is 416 g/mol. The van der Waals surface area contributed by atoms with Crippen molar-refractivity contribution in [2.24, 2.45) is 0 Å². The highest BCUT2D eigenvalue weighted by Gasteiger charge is 2.36. The van der Waals surface area contributed by atoms with Gasteiger partial charge in [-0.3, -0.25) is 0 Å². The molecular weight excluding hydrogens is 386 g/mol. The molecule has 1 unspecified atom stereocenters. The average Bonchev–Trinajstić information content (AvgIpc) is 3.22. The largest absolute Gasteiger partial charge is 0.373 e. The summed E-state index contributed by atoms with van der Waals surface area (Å²) in [7, 11) is -1.37. The second kappa shape index (κ2) is 8.59. The summed E-state index contributed by atoms with van der Waals surface area (Å²) in [6.45, 7) is 1.90. The fourth-order valence-corrected chi connectivity index (χ4v) is 6.48. The van der Waals surface area contributed by atoms with Crippen LogP contribution in [0.5, 0.6) is 0 Å². The smallest absolute Gasteiger partial charge is 0.217 e. The summed E-state index contributed by atoms with van der Waals surface area (Å²) in [4.78, 5) is 9.50. The topological polar surface area (TPSA) is 87.2 Å². The zero-order chi connectivity index (χ0) is 18.1. The lowest BCUT2D eigenvalue weighted by molar-refractivity contribution is 0.364. The Morgan fingerprint density at radius 2 is 1.89 bits per heavy atom. The van der Waals surface area contributed by atoms with Crippen molar-refractivity contribution in [1.29, 1.82) is 0 Å². The number of rotatable bonds is 4. The summed E-state index contributed by atoms with van der Waals surface area (Å²) < 4.78 is 27.9. The quantitative estimate of drug-likeness (QED) is 0.785. The van der Waals surface area contributed by atoms with Crippen LogP contribution in [0.25, 0.3) is 0 Å². The van der Waals surface area contributed by atoms with E-state index in [2.05, 4.69) is 10.6 Å². The molecule has 0 radical (unpaired) electrons. The van der Waals surface area contributed by atoms with Crippen LogP contribution in [0.15, 0.2) is 0 Å². The zero-order valence-electron chi connectivity index (χ0n) is 15.9. The van der Waals surface area contributed by atoms with Gasteiger partial charge in [-0.15, -0.1) is 12.4 Å². The van der Waals surface area contributed by atoms with Crippen LogP contribution in [0.2, 0.25) is 0 Å². The van der Waals surface area contributed by atoms with Gasteiger partial charge in [0.25, 0.3) is 0 Å². The molecule has 0 spiro atoms. The monoisotopic (exact) mass is 415 g/mol. The van der Waals surface area contributed by atoms with Gasteiger partial charge < -0.3 is 10.6 Å². The number of aromatic nitrogens is 2. The molecule has 1 saturated carbocycles. The molecule has 3 aliphatic rings. The predicted octanol–water partition coefficient (Wildman–Crippen LogP) is 2.39. The lowest BCUT2D eigenvalue weighted by atomic mass is 10.0. The summed E-state index contributed by atoms with van der Waals surface area (Å²) in [6.07, 6.45) is 7.65. The first-order chi connectivity index (χ1) is 12.6. The third kappa shape index (κ3) is 4.09. The summed E-state index contributed by atoms with van der Waals surface area (Å²) in [5.74, 6) is 1.65. The summed E-state index contributed by atoms with van der Waals surface area (Å²) in [6, 6.07) is 0.178. The van der Waals surface area contributed by atoms with Gasteiger partial charge in [-0.25, -0.2) is 18.4 Å². The molecule has 1 aliphatic carbocycles. The Morgan fingerprint density at radius 1 is 1.11 bits per heavy atom. The maximum Gasteiger partial charge on any atom is 0.217 e. The standard InChI is InChI=1S/C18H29N5O2S.ClH/c1-19-17-14-9-11-23(26(24,25)13-6-3-2-4-7-13)12-16(14)21-18(22-17)15-8-5-10-20-15;/h13,15,20H,2-12H2,1H3,(H,19,21,22);1H. The minimum absolute atomic E-state index is 0. The lowest BCUT2D eigenvalue weighted by Gasteiger charge is -2.33. The lowest BCUT2D eigenvalue weighted by Crippen LogP contribution is -2.43. The molecule has 2 N–H and O–H groups in total.